The number of carboxylic acid groups (broad SMARTS) is 2. The van der Waals surface area contributed by atoms with E-state index in [1.165, 1.54) is 27.6 Å². The lowest BCUT2D eigenvalue weighted by atomic mass is 10.2. The number of carboxylic acids is 2. The van der Waals surface area contributed by atoms with Crippen molar-refractivity contribution in [2.24, 2.45) is 0 Å². The Bertz CT molecular complexity index is 2490. The molecule has 0 saturated carbocycles. The summed E-state index contributed by atoms with van der Waals surface area (Å²) >= 11 is 12.3. The number of halogens is 6. The number of rotatable bonds is 15. The van der Waals surface area contributed by atoms with Crippen LogP contribution >= 0.6 is 30.8 Å². The van der Waals surface area contributed by atoms with E-state index in [1.807, 2.05) is 0 Å². The first-order valence-corrected chi connectivity index (χ1v) is 20.7. The molecule has 62 heavy (non-hydrogen) atoms. The minimum absolute atomic E-state index is 0.0788. The molecule has 0 bridgehead atoms. The second-order valence-electron chi connectivity index (χ2n) is 11.6. The van der Waals surface area contributed by atoms with Gasteiger partial charge in [0.05, 0.1) is 40.2 Å². The second kappa shape index (κ2) is 22.7. The molecule has 0 aliphatic carbocycles. The van der Waals surface area contributed by atoms with Crippen LogP contribution in [0.3, 0.4) is 0 Å². The van der Waals surface area contributed by atoms with Crippen LogP contribution in [0.5, 0.6) is 17.5 Å². The Balaban J connectivity index is 0.000000279. The van der Waals surface area contributed by atoms with Crippen LogP contribution in [-0.2, 0) is 32.3 Å². The molecule has 0 unspecified atom stereocenters. The van der Waals surface area contributed by atoms with Gasteiger partial charge in [-0.1, -0.05) is 41.3 Å². The highest BCUT2D eigenvalue weighted by atomic mass is 35.5. The molecule has 0 atom stereocenters. The number of alkyl halides is 4. The van der Waals surface area contributed by atoms with Crippen LogP contribution in [0.25, 0.3) is 5.69 Å². The number of amides is 2. The number of aromatic nitrogens is 5. The third kappa shape index (κ3) is 15.8. The Labute approximate surface area is 355 Å². The Morgan fingerprint density at radius 2 is 1.61 bits per heavy atom. The Kier molecular flexibility index (Phi) is 18.5. The van der Waals surface area contributed by atoms with E-state index in [0.29, 0.717) is 34.1 Å². The van der Waals surface area contributed by atoms with Gasteiger partial charge in [0.25, 0.3) is 10.0 Å². The summed E-state index contributed by atoms with van der Waals surface area (Å²) in [6.45, 7) is -6.50. The van der Waals surface area contributed by atoms with Crippen LogP contribution in [0.4, 0.5) is 28.3 Å². The normalized spacial score (nSPS) is 12.1. The molecule has 0 radical (unpaired) electrons. The highest BCUT2D eigenvalue weighted by molar-refractivity contribution is 7.90. The van der Waals surface area contributed by atoms with Gasteiger partial charge in [-0.3, -0.25) is 24.6 Å². The summed E-state index contributed by atoms with van der Waals surface area (Å²) in [5.74, 6) is -2.09. The van der Waals surface area contributed by atoms with Crippen molar-refractivity contribution >= 4 is 64.7 Å². The van der Waals surface area contributed by atoms with Gasteiger partial charge in [0, 0.05) is 19.0 Å². The molecular formula is C32H31Cl2F4N8O14PS. The fourth-order valence-electron chi connectivity index (χ4n) is 4.72. The smallest absolute Gasteiger partial charge is 0.388 e. The highest BCUT2D eigenvalue weighted by Gasteiger charge is 2.25. The molecule has 0 spiro atoms. The topological polar surface area (TPSA) is 313 Å². The summed E-state index contributed by atoms with van der Waals surface area (Å²) < 4.78 is 101. The summed E-state index contributed by atoms with van der Waals surface area (Å²) in [6.07, 6.45) is 7.37. The molecule has 30 heteroatoms. The first-order valence-electron chi connectivity index (χ1n) is 16.7. The van der Waals surface area contributed by atoms with E-state index in [0.717, 1.165) is 37.2 Å². The molecule has 1 aliphatic heterocycles. The average Bonchev–Trinajstić information content (AvgIpc) is 3.49. The van der Waals surface area contributed by atoms with Crippen molar-refractivity contribution in [2.75, 3.05) is 24.8 Å². The summed E-state index contributed by atoms with van der Waals surface area (Å²) in [6, 6.07) is 6.33. The zero-order chi connectivity index (χ0) is 46.4. The van der Waals surface area contributed by atoms with Gasteiger partial charge >= 0.3 is 44.5 Å². The largest absolute Gasteiger partial charge is 0.480 e. The number of nitrogens with zero attached hydrogens (tertiary/aromatic N) is 5. The van der Waals surface area contributed by atoms with Crippen LogP contribution in [0.15, 0.2) is 52.2 Å². The van der Waals surface area contributed by atoms with Gasteiger partial charge in [0.15, 0.2) is 0 Å². The monoisotopic (exact) mass is 960 g/mol. The fourth-order valence-corrected chi connectivity index (χ4v) is 6.75. The van der Waals surface area contributed by atoms with E-state index >= 15 is 0 Å². The number of benzene rings is 2. The predicted molar refractivity (Wildman–Crippen MR) is 206 cm³/mol. The first-order chi connectivity index (χ1) is 29.0. The molecule has 22 nitrogen and oxygen atoms in total. The van der Waals surface area contributed by atoms with E-state index in [9.17, 15) is 49.7 Å². The Morgan fingerprint density at radius 1 is 0.984 bits per heavy atom. The van der Waals surface area contributed by atoms with Crippen LogP contribution in [0.1, 0.15) is 29.0 Å². The number of nitrogens with one attached hydrogen (secondary N) is 3. The predicted octanol–water partition coefficient (Wildman–Crippen LogP) is 3.37. The van der Waals surface area contributed by atoms with Gasteiger partial charge in [-0.05, 0) is 31.0 Å². The number of terminal acetylenes is 1. The summed E-state index contributed by atoms with van der Waals surface area (Å²) in [7, 11) is -8.81. The number of aliphatic carboxylic acids is 1. The van der Waals surface area contributed by atoms with Crippen molar-refractivity contribution in [3.05, 3.63) is 74.4 Å². The highest BCUT2D eigenvalue weighted by Crippen LogP contribution is 2.33. The first kappa shape index (κ1) is 50.3. The zero-order valence-corrected chi connectivity index (χ0v) is 34.2. The third-order valence-corrected chi connectivity index (χ3v) is 9.69. The van der Waals surface area contributed by atoms with Gasteiger partial charge < -0.3 is 34.2 Å². The van der Waals surface area contributed by atoms with Crippen LogP contribution in [0.2, 0.25) is 10.0 Å². The van der Waals surface area contributed by atoms with Crippen LogP contribution in [0, 0.1) is 12.3 Å². The van der Waals surface area contributed by atoms with Crippen molar-refractivity contribution in [2.45, 2.75) is 43.9 Å². The van der Waals surface area contributed by atoms with E-state index in [-0.39, 0.29) is 12.3 Å². The number of sulfonamides is 1. The molecular weight excluding hydrogens is 930 g/mol. The van der Waals surface area contributed by atoms with Crippen molar-refractivity contribution < 1.29 is 79.1 Å². The molecule has 1 aliphatic rings. The molecule has 4 aromatic rings. The van der Waals surface area contributed by atoms with E-state index < -0.39 is 89.8 Å². The summed E-state index contributed by atoms with van der Waals surface area (Å²) in [5, 5.41) is 25.8. The fraction of sp³-hybridized carbons (Fsp3) is 0.281. The van der Waals surface area contributed by atoms with Crippen LogP contribution < -0.4 is 35.3 Å². The second-order valence-corrected chi connectivity index (χ2v) is 15.7. The number of hydrogen-bond donors (Lipinski definition) is 7. The van der Waals surface area contributed by atoms with Crippen molar-refractivity contribution in [1.82, 2.24) is 34.4 Å². The standard InChI is InChI=1S/C15H13Cl2N3O2.C14H10F4N4O7S.C3H8NO5P/c1-2-7-22-13-9-12(10(16)8-11(13)17)20-15(21)19-6-4-3-5-14(19)18-20;15-11(16)28-8-5-9(29-12(17)18)20-13(19-8)21-14(25)22-30(26,27)7-4-2-1-3-6(7)10(23)24;5-3(6)1-4-2-10(7,8)9/h1,8-9H,3-7H2;1-5,11-12H,(H,23,24)(H2,19,20,21,22,25);4H,1-2H2,(H,5,6)(H2,7,8,9). The average molecular weight is 962 g/mol. The minimum Gasteiger partial charge on any atom is -0.480 e. The van der Waals surface area contributed by atoms with Gasteiger partial charge in [-0.2, -0.15) is 32.2 Å². The van der Waals surface area contributed by atoms with Gasteiger partial charge in [0.1, 0.15) is 23.1 Å². The molecule has 2 amide bonds. The molecule has 5 rings (SSSR count). The molecule has 0 saturated heterocycles. The van der Waals surface area contributed by atoms with E-state index in [2.05, 4.69) is 35.8 Å². The summed E-state index contributed by atoms with van der Waals surface area (Å²) in [4.78, 5) is 67.5. The molecule has 2 aromatic heterocycles. The lowest BCUT2D eigenvalue weighted by Crippen LogP contribution is -2.35. The number of aromatic carboxylic acids is 1. The summed E-state index contributed by atoms with van der Waals surface area (Å²) in [5.41, 5.74) is -0.416. The van der Waals surface area contributed by atoms with Crippen LogP contribution in [-0.4, -0.2) is 103 Å². The SMILES string of the molecule is C#CCOc1cc(-n2nc3n(c2=O)CCCC3)c(Cl)cc1Cl.O=C(Nc1nc(OC(F)F)cc(OC(F)F)n1)NS(=O)(=O)c1ccccc1C(=O)O.O=C(O)CNCP(=O)(O)O. The lowest BCUT2D eigenvalue weighted by Gasteiger charge is -2.11. The van der Waals surface area contributed by atoms with Gasteiger partial charge in [-0.15, -0.1) is 11.5 Å². The van der Waals surface area contributed by atoms with Gasteiger partial charge in [0.2, 0.25) is 17.7 Å². The maximum atomic E-state index is 12.5. The maximum absolute atomic E-state index is 12.5. The lowest BCUT2D eigenvalue weighted by molar-refractivity contribution is -0.135. The number of carbonyl (C=O) groups excluding carboxylic acids is 1. The molecule has 3 heterocycles. The number of carbonyl (C=O) groups is 3. The molecule has 2 aromatic carbocycles. The molecule has 0 fully saturated rings. The van der Waals surface area contributed by atoms with Gasteiger partial charge in [-0.25, -0.2) is 27.5 Å². The third-order valence-electron chi connectivity index (χ3n) is 7.06. The number of urea groups is 1. The Morgan fingerprint density at radius 3 is 2.16 bits per heavy atom. The zero-order valence-electron chi connectivity index (χ0n) is 31.0. The van der Waals surface area contributed by atoms with Crippen molar-refractivity contribution in [3.63, 3.8) is 0 Å². The van der Waals surface area contributed by atoms with Crippen molar-refractivity contribution in [3.8, 4) is 35.5 Å². The molecule has 7 N–H and O–H groups in total. The minimum atomic E-state index is -4.71. The maximum Gasteiger partial charge on any atom is 0.388 e. The number of hydrogen-bond acceptors (Lipinski definition) is 14. The number of anilines is 1. The quantitative estimate of drug-likeness (QED) is 0.0510. The van der Waals surface area contributed by atoms with E-state index in [1.54, 1.807) is 16.0 Å². The van der Waals surface area contributed by atoms with Crippen molar-refractivity contribution in [1.29, 1.82) is 0 Å². The Hall–Kier alpha value is -6.01. The number of aryl methyl sites for hydroxylation is 1. The van der Waals surface area contributed by atoms with E-state index in [4.69, 9.17) is 54.4 Å². The number of ether oxygens (including phenoxy) is 3. The molecule has 336 valence electrons. The number of fused-ring (bicyclic) bond motifs is 1.